The molecule has 0 aliphatic carbocycles. The van der Waals surface area contributed by atoms with E-state index in [1.54, 1.807) is 62.8 Å². The lowest BCUT2D eigenvalue weighted by molar-refractivity contribution is 0.319. The summed E-state index contributed by atoms with van der Waals surface area (Å²) >= 11 is 0. The summed E-state index contributed by atoms with van der Waals surface area (Å²) in [4.78, 5) is 11.9. The zero-order valence-electron chi connectivity index (χ0n) is 12.6. The van der Waals surface area contributed by atoms with E-state index in [2.05, 4.69) is 5.10 Å². The average Bonchev–Trinajstić information content (AvgIpc) is 2.96. The van der Waals surface area contributed by atoms with Gasteiger partial charge in [0.2, 0.25) is 0 Å². The van der Waals surface area contributed by atoms with Crippen LogP contribution >= 0.6 is 0 Å². The first-order valence-corrected chi connectivity index (χ1v) is 6.76. The van der Waals surface area contributed by atoms with Gasteiger partial charge in [0.1, 0.15) is 17.2 Å². The molecule has 1 aromatic heterocycles. The predicted octanol–water partition coefficient (Wildman–Crippen LogP) is 2.64. The van der Waals surface area contributed by atoms with Crippen molar-refractivity contribution in [2.75, 3.05) is 14.2 Å². The molecule has 0 radical (unpaired) electrons. The Balaban J connectivity index is 1.83. The number of methoxy groups -OCH3 is 2. The van der Waals surface area contributed by atoms with E-state index < -0.39 is 5.76 Å². The summed E-state index contributed by atoms with van der Waals surface area (Å²) in [7, 11) is 3.14. The second-order valence-electron chi connectivity index (χ2n) is 4.52. The van der Waals surface area contributed by atoms with Crippen LogP contribution in [0.15, 0.2) is 57.7 Å². The highest BCUT2D eigenvalue weighted by atomic mass is 16.6. The molecule has 0 fully saturated rings. The molecule has 0 saturated heterocycles. The molecule has 3 aromatic rings. The van der Waals surface area contributed by atoms with Gasteiger partial charge in [-0.1, -0.05) is 5.10 Å². The Morgan fingerprint density at radius 1 is 0.870 bits per heavy atom. The quantitative estimate of drug-likeness (QED) is 0.720. The van der Waals surface area contributed by atoms with Crippen molar-refractivity contribution in [1.29, 1.82) is 0 Å². The predicted molar refractivity (Wildman–Crippen MR) is 81.7 cm³/mol. The molecule has 23 heavy (non-hydrogen) atoms. The Labute approximate surface area is 131 Å². The van der Waals surface area contributed by atoms with Gasteiger partial charge in [0.15, 0.2) is 0 Å². The fourth-order valence-electron chi connectivity index (χ4n) is 1.93. The third-order valence-corrected chi connectivity index (χ3v) is 3.11. The number of rotatable bonds is 5. The molecule has 0 aliphatic heterocycles. The largest absolute Gasteiger partial charge is 0.497 e. The molecule has 0 amide bonds. The molecule has 1 heterocycles. The maximum absolute atomic E-state index is 11.9. The van der Waals surface area contributed by atoms with Crippen LogP contribution in [0.2, 0.25) is 0 Å². The summed E-state index contributed by atoms with van der Waals surface area (Å²) in [6, 6.07) is 13.7. The van der Waals surface area contributed by atoms with Gasteiger partial charge in [-0.15, -0.1) is 0 Å². The van der Waals surface area contributed by atoms with Gasteiger partial charge < -0.3 is 18.6 Å². The molecule has 0 unspecified atom stereocenters. The van der Waals surface area contributed by atoms with Crippen molar-refractivity contribution in [2.24, 2.45) is 0 Å². The first-order chi connectivity index (χ1) is 11.2. The minimum atomic E-state index is -0.640. The van der Waals surface area contributed by atoms with Crippen molar-refractivity contribution in [1.82, 2.24) is 9.78 Å². The van der Waals surface area contributed by atoms with Crippen LogP contribution in [-0.4, -0.2) is 24.0 Å². The molecule has 7 nitrogen and oxygen atoms in total. The van der Waals surface area contributed by atoms with E-state index in [0.29, 0.717) is 22.9 Å². The third-order valence-electron chi connectivity index (χ3n) is 3.11. The van der Waals surface area contributed by atoms with Gasteiger partial charge in [0.05, 0.1) is 19.9 Å². The Morgan fingerprint density at radius 2 is 1.39 bits per heavy atom. The Bertz CT molecular complexity index is 834. The van der Waals surface area contributed by atoms with Crippen LogP contribution in [0.3, 0.4) is 0 Å². The molecule has 0 N–H and O–H groups in total. The van der Waals surface area contributed by atoms with Crippen LogP contribution in [0, 0.1) is 0 Å². The first kappa shape index (κ1) is 14.7. The van der Waals surface area contributed by atoms with Gasteiger partial charge in [-0.3, -0.25) is 0 Å². The molecular formula is C16H14N2O5. The number of nitrogens with zero attached hydrogens (tertiary/aromatic N) is 2. The second kappa shape index (κ2) is 6.27. The van der Waals surface area contributed by atoms with Gasteiger partial charge in [0.25, 0.3) is 0 Å². The molecule has 118 valence electrons. The lowest BCUT2D eigenvalue weighted by Crippen LogP contribution is -2.13. The normalized spacial score (nSPS) is 10.3. The summed E-state index contributed by atoms with van der Waals surface area (Å²) in [6.07, 6.45) is -0.143. The summed E-state index contributed by atoms with van der Waals surface area (Å²) in [5.74, 6) is 1.22. The van der Waals surface area contributed by atoms with Crippen molar-refractivity contribution in [3.05, 3.63) is 59.1 Å². The molecule has 3 rings (SSSR count). The molecule has 0 saturated carbocycles. The molecule has 7 heteroatoms. The smallest absolute Gasteiger partial charge is 0.444 e. The van der Waals surface area contributed by atoms with Crippen molar-refractivity contribution in [2.45, 2.75) is 0 Å². The Hall–Kier alpha value is -3.22. The standard InChI is InChI=1S/C16H14N2O5/c1-20-12-5-3-11(4-6-12)18-16(19)23-15(17-18)22-14-9-7-13(21-2)8-10-14/h3-10H,1-2H3. The summed E-state index contributed by atoms with van der Waals surface area (Å²) in [5.41, 5.74) is 0.545. The highest BCUT2D eigenvalue weighted by Crippen LogP contribution is 2.22. The van der Waals surface area contributed by atoms with E-state index >= 15 is 0 Å². The molecule has 0 aliphatic rings. The zero-order valence-corrected chi connectivity index (χ0v) is 12.6. The van der Waals surface area contributed by atoms with E-state index in [0.717, 1.165) is 4.68 Å². The Morgan fingerprint density at radius 3 is 1.96 bits per heavy atom. The topological polar surface area (TPSA) is 75.7 Å². The van der Waals surface area contributed by atoms with Gasteiger partial charge in [-0.05, 0) is 48.5 Å². The zero-order chi connectivity index (χ0) is 16.2. The number of hydrogen-bond acceptors (Lipinski definition) is 6. The van der Waals surface area contributed by atoms with Gasteiger partial charge in [-0.25, -0.2) is 4.79 Å². The monoisotopic (exact) mass is 314 g/mol. The van der Waals surface area contributed by atoms with Crippen LogP contribution in [-0.2, 0) is 0 Å². The van der Waals surface area contributed by atoms with Crippen molar-refractivity contribution in [3.63, 3.8) is 0 Å². The highest BCUT2D eigenvalue weighted by molar-refractivity contribution is 5.36. The van der Waals surface area contributed by atoms with E-state index in [4.69, 9.17) is 18.6 Å². The maximum atomic E-state index is 11.9. The maximum Gasteiger partial charge on any atom is 0.444 e. The first-order valence-electron chi connectivity index (χ1n) is 6.76. The van der Waals surface area contributed by atoms with E-state index in [1.165, 1.54) is 0 Å². The number of hydrogen-bond donors (Lipinski definition) is 0. The molecule has 2 aromatic carbocycles. The summed E-state index contributed by atoms with van der Waals surface area (Å²) in [6.45, 7) is 0. The van der Waals surface area contributed by atoms with Crippen LogP contribution in [0.1, 0.15) is 0 Å². The van der Waals surface area contributed by atoms with Gasteiger partial charge in [0, 0.05) is 0 Å². The van der Waals surface area contributed by atoms with Gasteiger partial charge in [-0.2, -0.15) is 4.68 Å². The summed E-state index contributed by atoms with van der Waals surface area (Å²) < 4.78 is 21.7. The average molecular weight is 314 g/mol. The molecular weight excluding hydrogens is 300 g/mol. The minimum Gasteiger partial charge on any atom is -0.497 e. The Kier molecular flexibility index (Phi) is 4.01. The SMILES string of the molecule is COc1ccc(Oc2nn(-c3ccc(OC)cc3)c(=O)o2)cc1. The summed E-state index contributed by atoms with van der Waals surface area (Å²) in [5, 5.41) is 4.02. The minimum absolute atomic E-state index is 0.143. The molecule has 0 spiro atoms. The third kappa shape index (κ3) is 3.18. The second-order valence-corrected chi connectivity index (χ2v) is 4.52. The van der Waals surface area contributed by atoms with Crippen molar-refractivity contribution >= 4 is 0 Å². The van der Waals surface area contributed by atoms with E-state index in [9.17, 15) is 4.79 Å². The number of ether oxygens (including phenoxy) is 3. The van der Waals surface area contributed by atoms with Crippen LogP contribution in [0.25, 0.3) is 5.69 Å². The van der Waals surface area contributed by atoms with E-state index in [-0.39, 0.29) is 6.08 Å². The lowest BCUT2D eigenvalue weighted by atomic mass is 10.3. The van der Waals surface area contributed by atoms with Gasteiger partial charge >= 0.3 is 11.8 Å². The van der Waals surface area contributed by atoms with E-state index in [1.807, 2.05) is 0 Å². The fraction of sp³-hybridized carbons (Fsp3) is 0.125. The number of aromatic nitrogens is 2. The van der Waals surface area contributed by atoms with Crippen LogP contribution in [0.5, 0.6) is 23.3 Å². The van der Waals surface area contributed by atoms with Crippen LogP contribution < -0.4 is 20.0 Å². The van der Waals surface area contributed by atoms with Crippen molar-refractivity contribution < 1.29 is 18.6 Å². The fourth-order valence-corrected chi connectivity index (χ4v) is 1.93. The highest BCUT2D eigenvalue weighted by Gasteiger charge is 2.12. The van der Waals surface area contributed by atoms with Crippen LogP contribution in [0.4, 0.5) is 0 Å². The van der Waals surface area contributed by atoms with Crippen molar-refractivity contribution in [3.8, 4) is 29.0 Å². The molecule has 0 atom stereocenters. The molecule has 0 bridgehead atoms. The lowest BCUT2D eigenvalue weighted by Gasteiger charge is -2.02. The number of benzene rings is 2.